The first kappa shape index (κ1) is 11.3. The third kappa shape index (κ3) is 2.19. The predicted molar refractivity (Wildman–Crippen MR) is 63.8 cm³/mol. The number of aromatic carboxylic acids is 1. The molecule has 0 saturated carbocycles. The number of carboxylic acids is 1. The van der Waals surface area contributed by atoms with Crippen LogP contribution in [0.5, 0.6) is 5.75 Å². The number of aromatic hydroxyl groups is 1. The van der Waals surface area contributed by atoms with Gasteiger partial charge in [0.05, 0.1) is 10.4 Å². The second-order valence-electron chi connectivity index (χ2n) is 3.39. The van der Waals surface area contributed by atoms with Gasteiger partial charge in [-0.25, -0.2) is 4.79 Å². The largest absolute Gasteiger partial charge is 0.507 e. The number of phenols is 1. The first-order valence-corrected chi connectivity index (χ1v) is 5.60. The van der Waals surface area contributed by atoms with Crippen molar-refractivity contribution in [2.75, 3.05) is 0 Å². The van der Waals surface area contributed by atoms with Gasteiger partial charge >= 0.3 is 5.97 Å². The van der Waals surface area contributed by atoms with E-state index in [1.165, 1.54) is 29.5 Å². The van der Waals surface area contributed by atoms with E-state index < -0.39 is 5.97 Å². The first-order chi connectivity index (χ1) is 8.11. The van der Waals surface area contributed by atoms with Crippen molar-refractivity contribution in [1.29, 1.82) is 0 Å². The number of thiophene rings is 1. The number of phenolic OH excluding ortho intramolecular Hbond substituents is 1. The average molecular weight is 248 g/mol. The molecule has 4 nitrogen and oxygen atoms in total. The van der Waals surface area contributed by atoms with Crippen LogP contribution in [-0.2, 0) is 0 Å². The van der Waals surface area contributed by atoms with Gasteiger partial charge in [0.1, 0.15) is 5.75 Å². The molecule has 1 aromatic heterocycles. The lowest BCUT2D eigenvalue weighted by Gasteiger charge is -2.03. The van der Waals surface area contributed by atoms with Crippen LogP contribution in [0.1, 0.15) is 20.0 Å². The maximum absolute atomic E-state index is 10.7. The minimum atomic E-state index is -1.09. The van der Waals surface area contributed by atoms with Crippen LogP contribution in [-0.4, -0.2) is 22.5 Å². The molecule has 0 aliphatic rings. The fraction of sp³-hybridized carbons (Fsp3) is 0. The zero-order valence-corrected chi connectivity index (χ0v) is 9.40. The van der Waals surface area contributed by atoms with Crippen LogP contribution in [0.25, 0.3) is 11.1 Å². The molecule has 0 spiro atoms. The molecule has 2 rings (SSSR count). The molecule has 5 heteroatoms. The Morgan fingerprint density at radius 1 is 1.29 bits per heavy atom. The Kier molecular flexibility index (Phi) is 2.93. The molecule has 1 heterocycles. The monoisotopic (exact) mass is 248 g/mol. The molecule has 0 atom stereocenters. The summed E-state index contributed by atoms with van der Waals surface area (Å²) in [6, 6.07) is 5.77. The van der Waals surface area contributed by atoms with E-state index >= 15 is 0 Å². The molecule has 17 heavy (non-hydrogen) atoms. The van der Waals surface area contributed by atoms with E-state index in [0.717, 1.165) is 6.29 Å². The zero-order valence-electron chi connectivity index (χ0n) is 8.58. The summed E-state index contributed by atoms with van der Waals surface area (Å²) in [6.07, 6.45) is 0.733. The smallest absolute Gasteiger partial charge is 0.335 e. The Labute approximate surface area is 101 Å². The molecule has 1 aromatic carbocycles. The Bertz CT molecular complexity index is 586. The van der Waals surface area contributed by atoms with Crippen molar-refractivity contribution < 1.29 is 19.8 Å². The fourth-order valence-corrected chi connectivity index (χ4v) is 2.17. The van der Waals surface area contributed by atoms with E-state index in [1.807, 2.05) is 0 Å². The topological polar surface area (TPSA) is 74.6 Å². The van der Waals surface area contributed by atoms with Crippen LogP contribution < -0.4 is 0 Å². The van der Waals surface area contributed by atoms with Gasteiger partial charge in [-0.15, -0.1) is 11.3 Å². The van der Waals surface area contributed by atoms with E-state index in [4.69, 9.17) is 5.11 Å². The van der Waals surface area contributed by atoms with E-state index in [0.29, 0.717) is 16.0 Å². The lowest BCUT2D eigenvalue weighted by molar-refractivity contribution is 0.0696. The van der Waals surface area contributed by atoms with Gasteiger partial charge in [0.2, 0.25) is 0 Å². The number of carbonyl (C=O) groups excluding carboxylic acids is 1. The lowest BCUT2D eigenvalue weighted by atomic mass is 10.1. The van der Waals surface area contributed by atoms with Crippen molar-refractivity contribution in [2.45, 2.75) is 0 Å². The van der Waals surface area contributed by atoms with Crippen LogP contribution >= 0.6 is 11.3 Å². The van der Waals surface area contributed by atoms with Crippen molar-refractivity contribution in [1.82, 2.24) is 0 Å². The van der Waals surface area contributed by atoms with Gasteiger partial charge in [-0.05, 0) is 35.2 Å². The average Bonchev–Trinajstić information content (AvgIpc) is 2.77. The number of hydrogen-bond acceptors (Lipinski definition) is 4. The Morgan fingerprint density at radius 2 is 2.06 bits per heavy atom. The summed E-state index contributed by atoms with van der Waals surface area (Å²) in [5, 5.41) is 20.2. The molecular formula is C12H8O4S. The highest BCUT2D eigenvalue weighted by Crippen LogP contribution is 2.32. The van der Waals surface area contributed by atoms with Gasteiger partial charge in [-0.2, -0.15) is 0 Å². The molecule has 0 aliphatic heterocycles. The van der Waals surface area contributed by atoms with Crippen LogP contribution in [0.3, 0.4) is 0 Å². The van der Waals surface area contributed by atoms with E-state index in [1.54, 1.807) is 11.4 Å². The summed E-state index contributed by atoms with van der Waals surface area (Å²) in [6.45, 7) is 0. The Hall–Kier alpha value is -2.14. The zero-order chi connectivity index (χ0) is 12.4. The summed E-state index contributed by atoms with van der Waals surface area (Å²) in [5.74, 6) is -1.20. The molecule has 0 radical (unpaired) electrons. The van der Waals surface area contributed by atoms with Crippen LogP contribution in [0.2, 0.25) is 0 Å². The number of rotatable bonds is 3. The maximum atomic E-state index is 10.7. The molecule has 2 N–H and O–H groups in total. The van der Waals surface area contributed by atoms with Crippen LogP contribution in [0.15, 0.2) is 29.6 Å². The van der Waals surface area contributed by atoms with Crippen LogP contribution in [0.4, 0.5) is 0 Å². The minimum Gasteiger partial charge on any atom is -0.507 e. The summed E-state index contributed by atoms with van der Waals surface area (Å²) < 4.78 is 0. The van der Waals surface area contributed by atoms with Crippen molar-refractivity contribution in [3.05, 3.63) is 40.1 Å². The van der Waals surface area contributed by atoms with E-state index in [-0.39, 0.29) is 11.3 Å². The summed E-state index contributed by atoms with van der Waals surface area (Å²) in [7, 11) is 0. The number of carbonyl (C=O) groups is 2. The third-order valence-corrected chi connectivity index (χ3v) is 3.15. The second-order valence-corrected chi connectivity index (χ2v) is 4.34. The minimum absolute atomic E-state index is 0.0251. The van der Waals surface area contributed by atoms with Gasteiger partial charge in [0.25, 0.3) is 0 Å². The number of benzene rings is 1. The Morgan fingerprint density at radius 3 is 2.59 bits per heavy atom. The highest BCUT2D eigenvalue weighted by atomic mass is 32.1. The molecular weight excluding hydrogens is 240 g/mol. The van der Waals surface area contributed by atoms with Crippen molar-refractivity contribution in [3.63, 3.8) is 0 Å². The highest BCUT2D eigenvalue weighted by molar-refractivity contribution is 7.12. The first-order valence-electron chi connectivity index (χ1n) is 4.72. The molecule has 2 aromatic rings. The predicted octanol–water partition coefficient (Wildman–Crippen LogP) is 2.63. The standard InChI is InChI=1S/C12H8O4S/c13-5-9-3-8(6-17-9)10-2-1-7(12(15)16)4-11(10)14/h1-6,14H,(H,15,16). The van der Waals surface area contributed by atoms with Crippen molar-refractivity contribution >= 4 is 23.6 Å². The van der Waals surface area contributed by atoms with Gasteiger partial charge in [0.15, 0.2) is 6.29 Å². The van der Waals surface area contributed by atoms with Crippen molar-refractivity contribution in [3.8, 4) is 16.9 Å². The van der Waals surface area contributed by atoms with Gasteiger partial charge in [-0.3, -0.25) is 4.79 Å². The number of carboxylic acid groups (broad SMARTS) is 1. The van der Waals surface area contributed by atoms with Crippen molar-refractivity contribution in [2.24, 2.45) is 0 Å². The third-order valence-electron chi connectivity index (χ3n) is 2.29. The van der Waals surface area contributed by atoms with Gasteiger partial charge in [-0.1, -0.05) is 0 Å². The molecule has 0 fully saturated rings. The second kappa shape index (κ2) is 4.39. The van der Waals surface area contributed by atoms with Gasteiger partial charge in [0, 0.05) is 5.56 Å². The molecule has 0 saturated heterocycles. The van der Waals surface area contributed by atoms with E-state index in [2.05, 4.69) is 0 Å². The fourth-order valence-electron chi connectivity index (χ4n) is 1.46. The van der Waals surface area contributed by atoms with E-state index in [9.17, 15) is 14.7 Å². The molecule has 0 amide bonds. The molecule has 0 aliphatic carbocycles. The SMILES string of the molecule is O=Cc1cc(-c2ccc(C(=O)O)cc2O)cs1. The quantitative estimate of drug-likeness (QED) is 0.819. The van der Waals surface area contributed by atoms with Crippen LogP contribution in [0, 0.1) is 0 Å². The molecule has 0 unspecified atom stereocenters. The normalized spacial score (nSPS) is 10.1. The summed E-state index contributed by atoms with van der Waals surface area (Å²) in [5.41, 5.74) is 1.24. The molecule has 0 bridgehead atoms. The Balaban J connectivity index is 2.46. The number of aldehydes is 1. The highest BCUT2D eigenvalue weighted by Gasteiger charge is 2.10. The summed E-state index contributed by atoms with van der Waals surface area (Å²) >= 11 is 1.27. The summed E-state index contributed by atoms with van der Waals surface area (Å²) in [4.78, 5) is 21.8. The maximum Gasteiger partial charge on any atom is 0.335 e. The lowest BCUT2D eigenvalue weighted by Crippen LogP contribution is -1.95. The molecule has 86 valence electrons. The van der Waals surface area contributed by atoms with Gasteiger partial charge < -0.3 is 10.2 Å². The number of hydrogen-bond donors (Lipinski definition) is 2.